The maximum absolute atomic E-state index is 6.51. The Kier molecular flexibility index (Phi) is 4.41. The molecule has 18 heavy (non-hydrogen) atoms. The van der Waals surface area contributed by atoms with Crippen molar-refractivity contribution in [1.82, 2.24) is 4.90 Å². The highest BCUT2D eigenvalue weighted by Crippen LogP contribution is 2.24. The molecule has 1 aromatic carbocycles. The van der Waals surface area contributed by atoms with Gasteiger partial charge in [0, 0.05) is 13.1 Å². The molecule has 0 bridgehead atoms. The van der Waals surface area contributed by atoms with Crippen molar-refractivity contribution in [2.24, 2.45) is 11.7 Å². The molecule has 2 unspecified atom stereocenters. The van der Waals surface area contributed by atoms with Gasteiger partial charge in [0.1, 0.15) is 0 Å². The van der Waals surface area contributed by atoms with Gasteiger partial charge in [-0.3, -0.25) is 0 Å². The molecule has 1 aromatic rings. The molecule has 0 spiro atoms. The minimum atomic E-state index is -0.239. The number of piperidine rings is 1. The first-order valence-electron chi connectivity index (χ1n) is 7.18. The molecule has 2 heteroatoms. The van der Waals surface area contributed by atoms with Gasteiger partial charge in [-0.25, -0.2) is 0 Å². The predicted octanol–water partition coefficient (Wildman–Crippen LogP) is 2.98. The van der Waals surface area contributed by atoms with E-state index < -0.39 is 0 Å². The summed E-state index contributed by atoms with van der Waals surface area (Å²) in [4.78, 5) is 2.55. The molecule has 0 saturated carbocycles. The van der Waals surface area contributed by atoms with Gasteiger partial charge in [0.25, 0.3) is 0 Å². The molecule has 0 amide bonds. The van der Waals surface area contributed by atoms with E-state index >= 15 is 0 Å². The Morgan fingerprint density at radius 3 is 2.72 bits per heavy atom. The maximum atomic E-state index is 6.51. The fourth-order valence-corrected chi connectivity index (χ4v) is 3.00. The lowest BCUT2D eigenvalue weighted by atomic mass is 9.90. The Morgan fingerprint density at radius 2 is 2.06 bits per heavy atom. The molecule has 2 N–H and O–H groups in total. The third kappa shape index (κ3) is 3.33. The van der Waals surface area contributed by atoms with Crippen LogP contribution in [-0.2, 0) is 5.54 Å². The second-order valence-electron chi connectivity index (χ2n) is 5.94. The Hall–Kier alpha value is -0.860. The van der Waals surface area contributed by atoms with E-state index in [0.29, 0.717) is 0 Å². The van der Waals surface area contributed by atoms with Gasteiger partial charge in [0.2, 0.25) is 0 Å². The smallest absolute Gasteiger partial charge is 0.0509 e. The topological polar surface area (TPSA) is 29.3 Å². The van der Waals surface area contributed by atoms with Crippen LogP contribution in [0.2, 0.25) is 0 Å². The van der Waals surface area contributed by atoms with Crippen LogP contribution >= 0.6 is 0 Å². The Labute approximate surface area is 111 Å². The van der Waals surface area contributed by atoms with Gasteiger partial charge < -0.3 is 10.6 Å². The normalized spacial score (nSPS) is 24.7. The molecule has 1 fully saturated rings. The van der Waals surface area contributed by atoms with Crippen LogP contribution in [0.25, 0.3) is 0 Å². The van der Waals surface area contributed by atoms with Crippen LogP contribution in [0, 0.1) is 5.92 Å². The molecule has 0 aliphatic carbocycles. The third-order valence-corrected chi connectivity index (χ3v) is 4.17. The molecule has 1 aliphatic heterocycles. The number of hydrogen-bond donors (Lipinski definition) is 1. The van der Waals surface area contributed by atoms with Crippen LogP contribution in [0.4, 0.5) is 0 Å². The lowest BCUT2D eigenvalue weighted by molar-refractivity contribution is 0.142. The molecule has 1 saturated heterocycles. The summed E-state index contributed by atoms with van der Waals surface area (Å²) in [5.41, 5.74) is 7.51. The minimum absolute atomic E-state index is 0.239. The zero-order chi connectivity index (χ0) is 13.0. The van der Waals surface area contributed by atoms with Gasteiger partial charge in [-0.2, -0.15) is 0 Å². The standard InChI is InChI=1S/C16H26N2/c1-3-14-8-7-11-18(12-14)13-16(2,17)15-9-5-4-6-10-15/h4-6,9-10,14H,3,7-8,11-13,17H2,1-2H3. The summed E-state index contributed by atoms with van der Waals surface area (Å²) in [5.74, 6) is 0.866. The molecular formula is C16H26N2. The highest BCUT2D eigenvalue weighted by molar-refractivity contribution is 5.23. The van der Waals surface area contributed by atoms with Crippen LogP contribution in [0.15, 0.2) is 30.3 Å². The van der Waals surface area contributed by atoms with Crippen molar-refractivity contribution in [2.75, 3.05) is 19.6 Å². The zero-order valence-corrected chi connectivity index (χ0v) is 11.7. The summed E-state index contributed by atoms with van der Waals surface area (Å²) in [6.07, 6.45) is 4.01. The number of hydrogen-bond acceptors (Lipinski definition) is 2. The van der Waals surface area contributed by atoms with Crippen LogP contribution in [0.5, 0.6) is 0 Å². The van der Waals surface area contributed by atoms with Crippen LogP contribution < -0.4 is 5.73 Å². The molecular weight excluding hydrogens is 220 g/mol. The van der Waals surface area contributed by atoms with Crippen molar-refractivity contribution in [1.29, 1.82) is 0 Å². The average Bonchev–Trinajstić information content (AvgIpc) is 2.39. The minimum Gasteiger partial charge on any atom is -0.321 e. The summed E-state index contributed by atoms with van der Waals surface area (Å²) in [7, 11) is 0. The Balaban J connectivity index is 1.99. The van der Waals surface area contributed by atoms with Crippen molar-refractivity contribution in [3.05, 3.63) is 35.9 Å². The van der Waals surface area contributed by atoms with Crippen LogP contribution in [-0.4, -0.2) is 24.5 Å². The van der Waals surface area contributed by atoms with E-state index in [1.165, 1.54) is 37.9 Å². The molecule has 2 rings (SSSR count). The predicted molar refractivity (Wildman–Crippen MR) is 77.4 cm³/mol. The molecule has 1 heterocycles. The van der Waals surface area contributed by atoms with Crippen LogP contribution in [0.3, 0.4) is 0 Å². The number of rotatable bonds is 4. The van der Waals surface area contributed by atoms with Crippen molar-refractivity contribution in [3.63, 3.8) is 0 Å². The quantitative estimate of drug-likeness (QED) is 0.885. The Morgan fingerprint density at radius 1 is 1.33 bits per heavy atom. The largest absolute Gasteiger partial charge is 0.321 e. The van der Waals surface area contributed by atoms with E-state index in [2.05, 4.69) is 43.0 Å². The SMILES string of the molecule is CCC1CCCN(CC(C)(N)c2ccccc2)C1. The fraction of sp³-hybridized carbons (Fsp3) is 0.625. The summed E-state index contributed by atoms with van der Waals surface area (Å²) < 4.78 is 0. The first kappa shape index (κ1) is 13.6. The van der Waals surface area contributed by atoms with Gasteiger partial charge in [0.15, 0.2) is 0 Å². The van der Waals surface area contributed by atoms with E-state index in [-0.39, 0.29) is 5.54 Å². The maximum Gasteiger partial charge on any atom is 0.0509 e. The second kappa shape index (κ2) is 5.85. The molecule has 2 atom stereocenters. The number of benzene rings is 1. The van der Waals surface area contributed by atoms with E-state index in [1.54, 1.807) is 0 Å². The third-order valence-electron chi connectivity index (χ3n) is 4.17. The molecule has 2 nitrogen and oxygen atoms in total. The van der Waals surface area contributed by atoms with Crippen molar-refractivity contribution >= 4 is 0 Å². The van der Waals surface area contributed by atoms with E-state index in [4.69, 9.17) is 5.73 Å². The van der Waals surface area contributed by atoms with Gasteiger partial charge in [-0.05, 0) is 37.8 Å². The average molecular weight is 246 g/mol. The molecule has 100 valence electrons. The highest BCUT2D eigenvalue weighted by Gasteiger charge is 2.27. The number of nitrogens with zero attached hydrogens (tertiary/aromatic N) is 1. The van der Waals surface area contributed by atoms with Gasteiger partial charge in [-0.1, -0.05) is 43.7 Å². The van der Waals surface area contributed by atoms with E-state index in [1.807, 2.05) is 6.07 Å². The van der Waals surface area contributed by atoms with E-state index in [9.17, 15) is 0 Å². The summed E-state index contributed by atoms with van der Waals surface area (Å²) in [6.45, 7) is 7.84. The molecule has 0 radical (unpaired) electrons. The first-order valence-corrected chi connectivity index (χ1v) is 7.18. The zero-order valence-electron chi connectivity index (χ0n) is 11.7. The van der Waals surface area contributed by atoms with Gasteiger partial charge >= 0.3 is 0 Å². The van der Waals surface area contributed by atoms with E-state index in [0.717, 1.165) is 12.5 Å². The number of likely N-dealkylation sites (tertiary alicyclic amines) is 1. The fourth-order valence-electron chi connectivity index (χ4n) is 3.00. The lowest BCUT2D eigenvalue weighted by Gasteiger charge is -2.38. The van der Waals surface area contributed by atoms with Gasteiger partial charge in [0.05, 0.1) is 5.54 Å². The monoisotopic (exact) mass is 246 g/mol. The second-order valence-corrected chi connectivity index (χ2v) is 5.94. The van der Waals surface area contributed by atoms with Crippen molar-refractivity contribution in [3.8, 4) is 0 Å². The van der Waals surface area contributed by atoms with Crippen molar-refractivity contribution < 1.29 is 0 Å². The van der Waals surface area contributed by atoms with Gasteiger partial charge in [-0.15, -0.1) is 0 Å². The lowest BCUT2D eigenvalue weighted by Crippen LogP contribution is -2.48. The first-order chi connectivity index (χ1) is 8.62. The number of nitrogens with two attached hydrogens (primary N) is 1. The van der Waals surface area contributed by atoms with Crippen LogP contribution in [0.1, 0.15) is 38.7 Å². The van der Waals surface area contributed by atoms with Crippen molar-refractivity contribution in [2.45, 2.75) is 38.6 Å². The summed E-state index contributed by atoms with van der Waals surface area (Å²) in [6, 6.07) is 10.5. The highest BCUT2D eigenvalue weighted by atomic mass is 15.2. The summed E-state index contributed by atoms with van der Waals surface area (Å²) >= 11 is 0. The summed E-state index contributed by atoms with van der Waals surface area (Å²) in [5, 5.41) is 0. The molecule has 0 aromatic heterocycles. The Bertz CT molecular complexity index is 359. The molecule has 1 aliphatic rings.